The van der Waals surface area contributed by atoms with Gasteiger partial charge in [0.05, 0.1) is 11.8 Å². The highest BCUT2D eigenvalue weighted by Crippen LogP contribution is 2.31. The van der Waals surface area contributed by atoms with Crippen molar-refractivity contribution < 1.29 is 13.9 Å². The number of hydrogen-bond donors (Lipinski definition) is 0. The van der Waals surface area contributed by atoms with Gasteiger partial charge in [-0.15, -0.1) is 0 Å². The van der Waals surface area contributed by atoms with Crippen molar-refractivity contribution in [3.05, 3.63) is 40.8 Å². The van der Waals surface area contributed by atoms with Crippen LogP contribution < -0.4 is 10.5 Å². The van der Waals surface area contributed by atoms with Crippen LogP contribution in [-0.4, -0.2) is 24.7 Å². The van der Waals surface area contributed by atoms with Crippen LogP contribution in [-0.2, 0) is 9.53 Å². The number of carbonyl (C=O) groups excluding carboxylic acids is 1. The fraction of sp³-hybridized carbons (Fsp3) is 0.444. The third-order valence-corrected chi connectivity index (χ3v) is 4.35. The van der Waals surface area contributed by atoms with Gasteiger partial charge in [-0.3, -0.25) is 0 Å². The standard InChI is InChI=1S/C18H21NO4/c1-3-12(2)22-18(21)14-8-6-10-19(14)15-11-17(20)23-16-9-5-4-7-13(15)16/h4-5,7,9,11-12,14H,3,6,8,10H2,1-2H3/t12?,14-/m0/s1. The van der Waals surface area contributed by atoms with E-state index in [0.717, 1.165) is 36.9 Å². The zero-order valence-electron chi connectivity index (χ0n) is 13.5. The van der Waals surface area contributed by atoms with Crippen LogP contribution in [0, 0.1) is 0 Å². The monoisotopic (exact) mass is 315 g/mol. The maximum absolute atomic E-state index is 12.5. The van der Waals surface area contributed by atoms with E-state index in [1.165, 1.54) is 6.07 Å². The van der Waals surface area contributed by atoms with Crippen molar-refractivity contribution in [2.75, 3.05) is 11.4 Å². The minimum Gasteiger partial charge on any atom is -0.461 e. The molecule has 3 rings (SSSR count). The van der Waals surface area contributed by atoms with E-state index in [0.29, 0.717) is 5.58 Å². The second-order valence-corrected chi connectivity index (χ2v) is 5.95. The molecule has 1 saturated heterocycles. The van der Waals surface area contributed by atoms with Crippen LogP contribution >= 0.6 is 0 Å². The third kappa shape index (κ3) is 3.09. The molecular weight excluding hydrogens is 294 g/mol. The van der Waals surface area contributed by atoms with Crippen LogP contribution in [0.2, 0.25) is 0 Å². The summed E-state index contributed by atoms with van der Waals surface area (Å²) in [7, 11) is 0. The minimum atomic E-state index is -0.403. The van der Waals surface area contributed by atoms with Gasteiger partial charge in [0.25, 0.3) is 0 Å². The van der Waals surface area contributed by atoms with Crippen LogP contribution in [0.25, 0.3) is 11.0 Å². The van der Waals surface area contributed by atoms with Crippen molar-refractivity contribution in [2.24, 2.45) is 0 Å². The highest BCUT2D eigenvalue weighted by Gasteiger charge is 2.34. The normalized spacial score (nSPS) is 19.0. The second kappa shape index (κ2) is 6.44. The molecule has 1 fully saturated rings. The number of anilines is 1. The Morgan fingerprint density at radius 2 is 2.22 bits per heavy atom. The summed E-state index contributed by atoms with van der Waals surface area (Å²) in [6.45, 7) is 4.61. The molecule has 0 aliphatic carbocycles. The zero-order valence-corrected chi connectivity index (χ0v) is 13.5. The molecule has 0 radical (unpaired) electrons. The van der Waals surface area contributed by atoms with Crippen LogP contribution in [0.5, 0.6) is 0 Å². The molecule has 2 atom stereocenters. The first kappa shape index (κ1) is 15.6. The average molecular weight is 315 g/mol. The van der Waals surface area contributed by atoms with Crippen LogP contribution in [0.15, 0.2) is 39.5 Å². The Labute approximate surface area is 134 Å². The lowest BCUT2D eigenvalue weighted by Crippen LogP contribution is -2.39. The lowest BCUT2D eigenvalue weighted by molar-refractivity contribution is -0.149. The first-order chi connectivity index (χ1) is 11.1. The van der Waals surface area contributed by atoms with Gasteiger partial charge in [0.15, 0.2) is 0 Å². The summed E-state index contributed by atoms with van der Waals surface area (Å²) in [6, 6.07) is 8.53. The van der Waals surface area contributed by atoms with Crippen molar-refractivity contribution in [2.45, 2.75) is 45.3 Å². The number of esters is 1. The first-order valence-electron chi connectivity index (χ1n) is 8.10. The fourth-order valence-corrected chi connectivity index (χ4v) is 2.99. The molecule has 23 heavy (non-hydrogen) atoms. The van der Waals surface area contributed by atoms with Gasteiger partial charge in [-0.1, -0.05) is 19.1 Å². The molecule has 1 aromatic heterocycles. The van der Waals surface area contributed by atoms with Gasteiger partial charge in [0.1, 0.15) is 11.6 Å². The highest BCUT2D eigenvalue weighted by molar-refractivity contribution is 5.93. The van der Waals surface area contributed by atoms with Gasteiger partial charge in [0, 0.05) is 18.0 Å². The summed E-state index contributed by atoms with van der Waals surface area (Å²) in [5, 5.41) is 0.843. The van der Waals surface area contributed by atoms with E-state index in [1.54, 1.807) is 6.07 Å². The van der Waals surface area contributed by atoms with Crippen molar-refractivity contribution in [1.82, 2.24) is 0 Å². The molecule has 0 spiro atoms. The Balaban J connectivity index is 1.97. The van der Waals surface area contributed by atoms with E-state index in [-0.39, 0.29) is 18.1 Å². The maximum Gasteiger partial charge on any atom is 0.338 e. The molecule has 122 valence electrons. The Morgan fingerprint density at radius 3 is 3.00 bits per heavy atom. The molecular formula is C18H21NO4. The van der Waals surface area contributed by atoms with Gasteiger partial charge in [-0.25, -0.2) is 9.59 Å². The molecule has 0 amide bonds. The summed E-state index contributed by atoms with van der Waals surface area (Å²) in [5.74, 6) is -0.214. The summed E-state index contributed by atoms with van der Waals surface area (Å²) >= 11 is 0. The SMILES string of the molecule is CCC(C)OC(=O)[C@@H]1CCCN1c1cc(=O)oc2ccccc12. The highest BCUT2D eigenvalue weighted by atomic mass is 16.5. The molecule has 1 aliphatic heterocycles. The molecule has 0 saturated carbocycles. The van der Waals surface area contributed by atoms with E-state index < -0.39 is 5.63 Å². The quantitative estimate of drug-likeness (QED) is 0.641. The van der Waals surface area contributed by atoms with Crippen LogP contribution in [0.1, 0.15) is 33.1 Å². The Hall–Kier alpha value is -2.30. The molecule has 5 heteroatoms. The van der Waals surface area contributed by atoms with Crippen molar-refractivity contribution >= 4 is 22.6 Å². The molecule has 1 aromatic carbocycles. The van der Waals surface area contributed by atoms with E-state index in [1.807, 2.05) is 36.9 Å². The number of hydrogen-bond acceptors (Lipinski definition) is 5. The molecule has 2 aromatic rings. The second-order valence-electron chi connectivity index (χ2n) is 5.95. The van der Waals surface area contributed by atoms with Gasteiger partial charge in [-0.2, -0.15) is 0 Å². The minimum absolute atomic E-state index is 0.0949. The van der Waals surface area contributed by atoms with Crippen molar-refractivity contribution in [3.63, 3.8) is 0 Å². The van der Waals surface area contributed by atoms with Gasteiger partial charge < -0.3 is 14.1 Å². The lowest BCUT2D eigenvalue weighted by Gasteiger charge is -2.27. The Bertz CT molecular complexity index is 767. The number of para-hydroxylation sites is 1. The number of rotatable bonds is 4. The van der Waals surface area contributed by atoms with E-state index >= 15 is 0 Å². The maximum atomic E-state index is 12.5. The number of nitrogens with zero attached hydrogens (tertiary/aromatic N) is 1. The predicted molar refractivity (Wildman–Crippen MR) is 88.7 cm³/mol. The van der Waals surface area contributed by atoms with Crippen molar-refractivity contribution in [1.29, 1.82) is 0 Å². The van der Waals surface area contributed by atoms with Gasteiger partial charge in [-0.05, 0) is 38.3 Å². The zero-order chi connectivity index (χ0) is 16.4. The third-order valence-electron chi connectivity index (χ3n) is 4.35. The first-order valence-corrected chi connectivity index (χ1v) is 8.10. The number of fused-ring (bicyclic) bond motifs is 1. The number of carbonyl (C=O) groups is 1. The van der Waals surface area contributed by atoms with E-state index in [2.05, 4.69) is 0 Å². The van der Waals surface area contributed by atoms with Crippen LogP contribution in [0.3, 0.4) is 0 Å². The van der Waals surface area contributed by atoms with E-state index in [4.69, 9.17) is 9.15 Å². The van der Waals surface area contributed by atoms with Crippen LogP contribution in [0.4, 0.5) is 5.69 Å². The molecule has 1 unspecified atom stereocenters. The summed E-state index contributed by atoms with van der Waals surface area (Å²) < 4.78 is 10.7. The van der Waals surface area contributed by atoms with Crippen molar-refractivity contribution in [3.8, 4) is 0 Å². The Kier molecular flexibility index (Phi) is 4.37. The predicted octanol–water partition coefficient (Wildman–Crippen LogP) is 3.10. The van der Waals surface area contributed by atoms with Gasteiger partial charge >= 0.3 is 11.6 Å². The Morgan fingerprint density at radius 1 is 1.43 bits per heavy atom. The average Bonchev–Trinajstić information content (AvgIpc) is 3.03. The molecule has 0 N–H and O–H groups in total. The summed E-state index contributed by atoms with van der Waals surface area (Å²) in [5.41, 5.74) is 0.885. The molecule has 2 heterocycles. The molecule has 5 nitrogen and oxygen atoms in total. The molecule has 0 bridgehead atoms. The lowest BCUT2D eigenvalue weighted by atomic mass is 10.1. The smallest absolute Gasteiger partial charge is 0.338 e. The fourth-order valence-electron chi connectivity index (χ4n) is 2.99. The molecule has 1 aliphatic rings. The largest absolute Gasteiger partial charge is 0.461 e. The summed E-state index contributed by atoms with van der Waals surface area (Å²) in [4.78, 5) is 26.3. The topological polar surface area (TPSA) is 59.8 Å². The van der Waals surface area contributed by atoms with E-state index in [9.17, 15) is 9.59 Å². The summed E-state index contributed by atoms with van der Waals surface area (Å²) in [6.07, 6.45) is 2.33. The number of ether oxygens (including phenoxy) is 1. The van der Waals surface area contributed by atoms with Gasteiger partial charge in [0.2, 0.25) is 0 Å². The number of benzene rings is 1.